The highest BCUT2D eigenvalue weighted by molar-refractivity contribution is 6.09. The molecule has 0 spiro atoms. The Hall–Kier alpha value is -4.96. The summed E-state index contributed by atoms with van der Waals surface area (Å²) in [5, 5.41) is 6.50. The van der Waals surface area contributed by atoms with Crippen LogP contribution in [0, 0.1) is 0 Å². The van der Waals surface area contributed by atoms with E-state index < -0.39 is 0 Å². The fourth-order valence-corrected chi connectivity index (χ4v) is 6.39. The molecular weight excluding hydrogens is 535 g/mol. The number of rotatable bonds is 4. The zero-order chi connectivity index (χ0) is 30.6. The molecule has 5 aromatic carbocycles. The van der Waals surface area contributed by atoms with Crippen LogP contribution in [0.4, 0.5) is 0 Å². The van der Waals surface area contributed by atoms with Gasteiger partial charge in [-0.1, -0.05) is 98.7 Å². The van der Waals surface area contributed by atoms with Crippen molar-refractivity contribution in [2.75, 3.05) is 0 Å². The van der Waals surface area contributed by atoms with E-state index in [1.54, 1.807) is 0 Å². The van der Waals surface area contributed by atoms with Crippen LogP contribution in [-0.2, 0) is 19.9 Å². The second-order valence-corrected chi connectivity index (χ2v) is 10.9. The summed E-state index contributed by atoms with van der Waals surface area (Å²) in [7, 11) is 6.65. The molecule has 0 aliphatic rings. The van der Waals surface area contributed by atoms with E-state index >= 15 is 0 Å². The lowest BCUT2D eigenvalue weighted by Gasteiger charge is -2.05. The number of benzene rings is 5. The Balaban J connectivity index is 0.000000181. The number of hydrogen-bond acceptors (Lipinski definition) is 1. The molecule has 0 fully saturated rings. The number of aryl methyl sites for hydroxylation is 2. The number of allylic oxidation sites excluding steroid dienone is 1. The quantitative estimate of drug-likeness (QED) is 0.209. The predicted molar refractivity (Wildman–Crippen MR) is 191 cm³/mol. The minimum Gasteiger partial charge on any atom is -0.456 e. The molecule has 1 N–H and O–H groups in total. The van der Waals surface area contributed by atoms with Gasteiger partial charge in [0, 0.05) is 56.1 Å². The lowest BCUT2D eigenvalue weighted by Crippen LogP contribution is -1.91. The van der Waals surface area contributed by atoms with Crippen LogP contribution in [0.25, 0.3) is 60.7 Å². The largest absolute Gasteiger partial charge is 0.456 e. The normalized spacial score (nSPS) is 11.4. The first-order valence-electron chi connectivity index (χ1n) is 15.3. The average Bonchev–Trinajstić information content (AvgIpc) is 3.72. The van der Waals surface area contributed by atoms with Gasteiger partial charge in [-0.05, 0) is 67.3 Å². The first kappa shape index (κ1) is 29.1. The Bertz CT molecular complexity index is 2250. The van der Waals surface area contributed by atoms with Gasteiger partial charge in [0.25, 0.3) is 0 Å². The highest BCUT2D eigenvalue weighted by Gasteiger charge is 2.12. The van der Waals surface area contributed by atoms with Crippen molar-refractivity contribution in [1.82, 2.24) is 9.55 Å². The molecule has 0 bridgehead atoms. The van der Waals surface area contributed by atoms with Crippen molar-refractivity contribution in [2.24, 2.45) is 7.05 Å². The summed E-state index contributed by atoms with van der Waals surface area (Å²) in [4.78, 5) is 3.63. The Morgan fingerprint density at radius 3 is 2.20 bits per heavy atom. The second kappa shape index (κ2) is 12.7. The molecule has 8 aromatic rings. The molecule has 216 valence electrons. The SMILES string of the molecule is C/C=C\c1oc2ccccc2c1CC.Cn1c2ccccc2c2cc(Cc3cccc4c3[nH]c3ccccc34)ccc21.[B]C. The van der Waals surface area contributed by atoms with Crippen molar-refractivity contribution in [3.05, 3.63) is 138 Å². The van der Waals surface area contributed by atoms with Crippen LogP contribution in [-0.4, -0.2) is 17.4 Å². The van der Waals surface area contributed by atoms with Crippen LogP contribution in [0.1, 0.15) is 36.3 Å². The molecule has 0 aliphatic carbocycles. The van der Waals surface area contributed by atoms with E-state index in [2.05, 4.69) is 128 Å². The van der Waals surface area contributed by atoms with Crippen molar-refractivity contribution >= 4 is 68.5 Å². The summed E-state index contributed by atoms with van der Waals surface area (Å²) in [5.41, 5.74) is 10.00. The fourth-order valence-electron chi connectivity index (χ4n) is 6.39. The highest BCUT2D eigenvalue weighted by atomic mass is 16.3. The number of para-hydroxylation sites is 4. The summed E-state index contributed by atoms with van der Waals surface area (Å²) in [6, 6.07) is 38.9. The minimum atomic E-state index is 0.920. The van der Waals surface area contributed by atoms with Gasteiger partial charge < -0.3 is 14.0 Å². The fraction of sp³-hybridized carbons (Fsp3) is 0.150. The smallest absolute Gasteiger partial charge is 0.135 e. The molecule has 2 radical (unpaired) electrons. The number of fused-ring (bicyclic) bond motifs is 7. The van der Waals surface area contributed by atoms with E-state index in [-0.39, 0.29) is 0 Å². The molecule has 4 heteroatoms. The van der Waals surface area contributed by atoms with Gasteiger partial charge in [-0.15, -0.1) is 0 Å². The van der Waals surface area contributed by atoms with Gasteiger partial charge in [0.15, 0.2) is 0 Å². The van der Waals surface area contributed by atoms with E-state index in [0.29, 0.717) is 0 Å². The minimum absolute atomic E-state index is 0.920. The highest BCUT2D eigenvalue weighted by Crippen LogP contribution is 2.32. The van der Waals surface area contributed by atoms with Crippen LogP contribution in [0.15, 0.2) is 120 Å². The van der Waals surface area contributed by atoms with Crippen molar-refractivity contribution in [3.8, 4) is 0 Å². The number of nitrogens with one attached hydrogen (secondary N) is 1. The van der Waals surface area contributed by atoms with E-state index in [4.69, 9.17) is 4.42 Å². The molecule has 3 heterocycles. The maximum absolute atomic E-state index is 5.74. The molecule has 0 aliphatic heterocycles. The first-order chi connectivity index (χ1) is 21.7. The van der Waals surface area contributed by atoms with E-state index in [9.17, 15) is 0 Å². The standard InChI is InChI=1S/C26H20N2.C13H14O.CH3B/c1-28-24-12-5-3-9-20(24)22-16-17(13-14-25(22)28)15-18-7-6-10-21-19-8-2-4-11-23(19)27-26(18)21;1-3-7-12-10(4-2)11-8-5-6-9-13(11)14-12;1-2/h2-14,16,27H,15H2,1H3;3,5-9H,4H2,1-2H3;1H3/b;7-3-;. The number of aromatic amines is 1. The number of hydrogen-bond donors (Lipinski definition) is 1. The summed E-state index contributed by atoms with van der Waals surface area (Å²) in [5.74, 6) is 0.996. The topological polar surface area (TPSA) is 33.9 Å². The van der Waals surface area contributed by atoms with Crippen molar-refractivity contribution < 1.29 is 4.42 Å². The summed E-state index contributed by atoms with van der Waals surface area (Å²) in [6.07, 6.45) is 5.97. The number of H-pyrrole nitrogens is 1. The predicted octanol–water partition coefficient (Wildman–Crippen LogP) is 10.8. The Labute approximate surface area is 260 Å². The maximum atomic E-state index is 5.74. The second-order valence-electron chi connectivity index (χ2n) is 10.9. The van der Waals surface area contributed by atoms with Gasteiger partial charge in [0.2, 0.25) is 0 Å². The van der Waals surface area contributed by atoms with E-state index in [1.165, 1.54) is 72.5 Å². The van der Waals surface area contributed by atoms with Gasteiger partial charge in [-0.2, -0.15) is 0 Å². The van der Waals surface area contributed by atoms with Crippen molar-refractivity contribution in [3.63, 3.8) is 0 Å². The Morgan fingerprint density at radius 1 is 0.727 bits per heavy atom. The molecule has 3 aromatic heterocycles. The Morgan fingerprint density at radius 2 is 1.41 bits per heavy atom. The van der Waals surface area contributed by atoms with Gasteiger partial charge in [0.1, 0.15) is 11.3 Å². The number of aromatic nitrogens is 2. The lowest BCUT2D eigenvalue weighted by molar-refractivity contribution is 0.599. The molecule has 3 nitrogen and oxygen atoms in total. The molecular formula is C40H37BN2O. The van der Waals surface area contributed by atoms with Crippen LogP contribution >= 0.6 is 0 Å². The van der Waals surface area contributed by atoms with Gasteiger partial charge in [-0.3, -0.25) is 0 Å². The maximum Gasteiger partial charge on any atom is 0.135 e. The van der Waals surface area contributed by atoms with Gasteiger partial charge in [-0.25, -0.2) is 0 Å². The van der Waals surface area contributed by atoms with E-state index in [0.717, 1.165) is 24.2 Å². The summed E-state index contributed by atoms with van der Waals surface area (Å²) >= 11 is 0. The molecule has 44 heavy (non-hydrogen) atoms. The molecule has 0 saturated heterocycles. The summed E-state index contributed by atoms with van der Waals surface area (Å²) in [6.45, 7) is 5.66. The van der Waals surface area contributed by atoms with Crippen LogP contribution in [0.2, 0.25) is 6.82 Å². The molecule has 0 unspecified atom stereocenters. The van der Waals surface area contributed by atoms with E-state index in [1.807, 2.05) is 31.2 Å². The third kappa shape index (κ3) is 5.22. The third-order valence-electron chi connectivity index (χ3n) is 8.40. The zero-order valence-electron chi connectivity index (χ0n) is 25.9. The zero-order valence-corrected chi connectivity index (χ0v) is 25.9. The van der Waals surface area contributed by atoms with Crippen LogP contribution < -0.4 is 0 Å². The monoisotopic (exact) mass is 572 g/mol. The average molecular weight is 573 g/mol. The molecule has 0 saturated carbocycles. The molecule has 8 rings (SSSR count). The molecule has 0 atom stereocenters. The Kier molecular flexibility index (Phi) is 8.43. The van der Waals surface area contributed by atoms with Crippen LogP contribution in [0.3, 0.4) is 0 Å². The number of nitrogens with zero attached hydrogens (tertiary/aromatic N) is 1. The van der Waals surface area contributed by atoms with Gasteiger partial charge >= 0.3 is 0 Å². The van der Waals surface area contributed by atoms with Crippen molar-refractivity contribution in [1.29, 1.82) is 0 Å². The first-order valence-corrected chi connectivity index (χ1v) is 15.3. The van der Waals surface area contributed by atoms with Crippen LogP contribution in [0.5, 0.6) is 0 Å². The van der Waals surface area contributed by atoms with Gasteiger partial charge in [0.05, 0.1) is 13.4 Å². The summed E-state index contributed by atoms with van der Waals surface area (Å²) < 4.78 is 8.03. The third-order valence-corrected chi connectivity index (χ3v) is 8.40. The van der Waals surface area contributed by atoms with Crippen molar-refractivity contribution in [2.45, 2.75) is 33.5 Å². The lowest BCUT2D eigenvalue weighted by atomic mass is 10.0. The molecule has 0 amide bonds. The number of furan rings is 1.